The van der Waals surface area contributed by atoms with Crippen molar-refractivity contribution in [2.24, 2.45) is 0 Å². The smallest absolute Gasteiger partial charge is 0.305 e. The van der Waals surface area contributed by atoms with Crippen LogP contribution < -0.4 is 5.32 Å². The van der Waals surface area contributed by atoms with Gasteiger partial charge in [0, 0.05) is 12.8 Å². The minimum Gasteiger partial charge on any atom is -0.466 e. The summed E-state index contributed by atoms with van der Waals surface area (Å²) in [6, 6.07) is -0.626. The quantitative estimate of drug-likeness (QED) is 0.0320. The largest absolute Gasteiger partial charge is 0.466 e. The number of amides is 1. The third kappa shape index (κ3) is 72.9. The zero-order chi connectivity index (χ0) is 63.5. The van der Waals surface area contributed by atoms with Gasteiger partial charge in [0.2, 0.25) is 5.91 Å². The van der Waals surface area contributed by atoms with Gasteiger partial charge in [0.15, 0.2) is 0 Å². The maximum Gasteiger partial charge on any atom is 0.305 e. The fraction of sp³-hybridized carbons (Fsp3) is 0.878. The maximum atomic E-state index is 12.5. The Morgan fingerprint density at radius 1 is 0.318 bits per heavy atom. The Morgan fingerprint density at radius 2 is 0.568 bits per heavy atom. The van der Waals surface area contributed by atoms with Crippen LogP contribution in [0.2, 0.25) is 0 Å². The van der Waals surface area contributed by atoms with Crippen molar-refractivity contribution in [3.05, 3.63) is 48.6 Å². The molecule has 0 fully saturated rings. The number of nitrogens with one attached hydrogen (secondary N) is 1. The molecule has 1 amide bonds. The van der Waals surface area contributed by atoms with Crippen LogP contribution >= 0.6 is 0 Å². The Labute approximate surface area is 550 Å². The van der Waals surface area contributed by atoms with Gasteiger partial charge >= 0.3 is 5.97 Å². The normalized spacial score (nSPS) is 12.7. The molecule has 0 aliphatic carbocycles. The zero-order valence-electron chi connectivity index (χ0n) is 59.5. The van der Waals surface area contributed by atoms with Crippen LogP contribution in [-0.4, -0.2) is 47.4 Å². The van der Waals surface area contributed by atoms with E-state index in [1.807, 2.05) is 6.08 Å². The van der Waals surface area contributed by atoms with E-state index in [0.29, 0.717) is 19.4 Å². The second-order valence-electron chi connectivity index (χ2n) is 27.4. The van der Waals surface area contributed by atoms with E-state index >= 15 is 0 Å². The van der Waals surface area contributed by atoms with Crippen molar-refractivity contribution in [3.8, 4) is 0 Å². The van der Waals surface area contributed by atoms with E-state index in [9.17, 15) is 19.8 Å². The van der Waals surface area contributed by atoms with Gasteiger partial charge in [0.1, 0.15) is 0 Å². The van der Waals surface area contributed by atoms with Crippen molar-refractivity contribution in [3.63, 3.8) is 0 Å². The van der Waals surface area contributed by atoms with Crippen LogP contribution in [0.1, 0.15) is 438 Å². The minimum absolute atomic E-state index is 0.0161. The molecule has 6 heteroatoms. The van der Waals surface area contributed by atoms with Crippen LogP contribution in [-0.2, 0) is 14.3 Å². The number of carbonyl (C=O) groups is 2. The number of unbranched alkanes of at least 4 members (excludes halogenated alkanes) is 58. The van der Waals surface area contributed by atoms with Gasteiger partial charge in [-0.15, -0.1) is 0 Å². The number of aliphatic hydroxyl groups excluding tert-OH is 2. The Balaban J connectivity index is 3.37. The molecule has 2 atom stereocenters. The van der Waals surface area contributed by atoms with E-state index < -0.39 is 12.1 Å². The monoisotopic (exact) mass is 1230 g/mol. The molecule has 518 valence electrons. The molecule has 0 bridgehead atoms. The number of aliphatic hydroxyl groups is 2. The van der Waals surface area contributed by atoms with Gasteiger partial charge in [-0.1, -0.05) is 383 Å². The average molecular weight is 1240 g/mol. The molecule has 0 saturated heterocycles. The van der Waals surface area contributed by atoms with E-state index in [4.69, 9.17) is 4.74 Å². The third-order valence-electron chi connectivity index (χ3n) is 18.6. The second kappa shape index (κ2) is 77.3. The summed E-state index contributed by atoms with van der Waals surface area (Å²) in [5.74, 6) is -0.0463. The van der Waals surface area contributed by atoms with Crippen LogP contribution in [0, 0.1) is 0 Å². The number of esters is 1. The first kappa shape index (κ1) is 85.8. The molecule has 0 saturated carbocycles. The molecule has 88 heavy (non-hydrogen) atoms. The molecule has 0 radical (unpaired) electrons. The van der Waals surface area contributed by atoms with E-state index in [1.54, 1.807) is 6.08 Å². The molecule has 0 aliphatic rings. The van der Waals surface area contributed by atoms with Crippen LogP contribution in [0.25, 0.3) is 0 Å². The van der Waals surface area contributed by atoms with E-state index in [2.05, 4.69) is 55.6 Å². The van der Waals surface area contributed by atoms with Gasteiger partial charge in [-0.05, 0) is 89.9 Å². The van der Waals surface area contributed by atoms with Crippen molar-refractivity contribution in [1.29, 1.82) is 0 Å². The lowest BCUT2D eigenvalue weighted by Gasteiger charge is -2.20. The summed E-state index contributed by atoms with van der Waals surface area (Å²) in [5, 5.41) is 23.2. The highest BCUT2D eigenvalue weighted by Gasteiger charge is 2.18. The van der Waals surface area contributed by atoms with Gasteiger partial charge in [0.25, 0.3) is 0 Å². The summed E-state index contributed by atoms with van der Waals surface area (Å²) in [7, 11) is 0. The Kier molecular flexibility index (Phi) is 75.4. The zero-order valence-corrected chi connectivity index (χ0v) is 59.5. The molecule has 0 aromatic carbocycles. The molecular weight excluding hydrogens is 1080 g/mol. The summed E-state index contributed by atoms with van der Waals surface area (Å²) in [4.78, 5) is 24.6. The van der Waals surface area contributed by atoms with Crippen molar-refractivity contribution in [2.45, 2.75) is 450 Å². The standard InChI is InChI=1S/C82H155NO5/c1-3-5-7-9-11-13-15-17-19-21-44-48-52-56-60-64-68-72-76-82(87)88-77-73-69-65-61-57-53-49-45-42-40-38-36-34-32-30-28-26-24-22-23-25-27-29-31-33-35-37-39-41-43-47-51-55-59-63-67-71-75-81(86)83-79(78-84)80(85)74-70-66-62-58-54-50-46-20-18-16-14-12-10-8-6-4-2/h19,21-22,24,28,30,70,74,79-80,84-85H,3-18,20,23,25-27,29,31-69,71-73,75-78H2,1-2H3,(H,83,86)/b21-19-,24-22-,30-28-,74-70+. The van der Waals surface area contributed by atoms with Crippen molar-refractivity contribution >= 4 is 11.9 Å². The molecule has 6 nitrogen and oxygen atoms in total. The third-order valence-corrected chi connectivity index (χ3v) is 18.6. The maximum absolute atomic E-state index is 12.5. The van der Waals surface area contributed by atoms with Crippen molar-refractivity contribution < 1.29 is 24.5 Å². The summed E-state index contributed by atoms with van der Waals surface area (Å²) < 4.78 is 5.51. The average Bonchev–Trinajstić information content (AvgIpc) is 3.59. The number of hydrogen-bond donors (Lipinski definition) is 3. The van der Waals surface area contributed by atoms with Gasteiger partial charge in [-0.25, -0.2) is 0 Å². The lowest BCUT2D eigenvalue weighted by atomic mass is 10.0. The summed E-state index contributed by atoms with van der Waals surface area (Å²) in [5.41, 5.74) is 0. The molecule has 3 N–H and O–H groups in total. The molecule has 0 spiro atoms. The van der Waals surface area contributed by atoms with Crippen LogP contribution in [0.5, 0.6) is 0 Å². The summed E-state index contributed by atoms with van der Waals surface area (Å²) in [6.45, 7) is 4.94. The molecule has 0 aromatic rings. The van der Waals surface area contributed by atoms with E-state index in [-0.39, 0.29) is 18.5 Å². The van der Waals surface area contributed by atoms with E-state index in [0.717, 1.165) is 51.4 Å². The Morgan fingerprint density at radius 3 is 0.875 bits per heavy atom. The highest BCUT2D eigenvalue weighted by Crippen LogP contribution is 2.19. The van der Waals surface area contributed by atoms with Crippen LogP contribution in [0.4, 0.5) is 0 Å². The molecule has 0 aliphatic heterocycles. The SMILES string of the molecule is CCCCCCCCC/C=C\CCCCCCCCCC(=O)OCCCCCCCCCCCCCCC/C=C\C/C=C\CCCCCCCCCCCCCCCCCCCC(=O)NC(CO)C(O)/C=C/CCCCCCCCCCCCCCCC. The fourth-order valence-corrected chi connectivity index (χ4v) is 12.5. The number of carbonyl (C=O) groups excluding carboxylic acids is 2. The first-order chi connectivity index (χ1) is 43.5. The summed E-state index contributed by atoms with van der Waals surface area (Å²) in [6.07, 6.45) is 102. The Hall–Kier alpha value is -2.18. The molecular formula is C82H155NO5. The van der Waals surface area contributed by atoms with Crippen molar-refractivity contribution in [2.75, 3.05) is 13.2 Å². The lowest BCUT2D eigenvalue weighted by Crippen LogP contribution is -2.45. The number of allylic oxidation sites excluding steroid dienone is 7. The first-order valence-corrected chi connectivity index (χ1v) is 39.9. The molecule has 0 heterocycles. The fourth-order valence-electron chi connectivity index (χ4n) is 12.5. The van der Waals surface area contributed by atoms with E-state index in [1.165, 1.54) is 360 Å². The highest BCUT2D eigenvalue weighted by atomic mass is 16.5. The second-order valence-corrected chi connectivity index (χ2v) is 27.4. The first-order valence-electron chi connectivity index (χ1n) is 39.9. The van der Waals surface area contributed by atoms with Crippen molar-refractivity contribution in [1.82, 2.24) is 5.32 Å². The molecule has 0 rings (SSSR count). The predicted octanol–water partition coefficient (Wildman–Crippen LogP) is 26.4. The van der Waals surface area contributed by atoms with Gasteiger partial charge < -0.3 is 20.3 Å². The van der Waals surface area contributed by atoms with Crippen LogP contribution in [0.3, 0.4) is 0 Å². The number of ether oxygens (including phenoxy) is 1. The van der Waals surface area contributed by atoms with Gasteiger partial charge in [-0.2, -0.15) is 0 Å². The molecule has 0 aromatic heterocycles. The summed E-state index contributed by atoms with van der Waals surface area (Å²) >= 11 is 0. The number of rotatable bonds is 75. The Bertz CT molecular complexity index is 1470. The number of hydrogen-bond acceptors (Lipinski definition) is 5. The highest BCUT2D eigenvalue weighted by molar-refractivity contribution is 5.76. The topological polar surface area (TPSA) is 95.9 Å². The lowest BCUT2D eigenvalue weighted by molar-refractivity contribution is -0.143. The molecule has 2 unspecified atom stereocenters. The van der Waals surface area contributed by atoms with Crippen LogP contribution in [0.15, 0.2) is 48.6 Å². The predicted molar refractivity (Wildman–Crippen MR) is 389 cm³/mol. The van der Waals surface area contributed by atoms with Gasteiger partial charge in [0.05, 0.1) is 25.4 Å². The minimum atomic E-state index is -0.843. The van der Waals surface area contributed by atoms with Gasteiger partial charge in [-0.3, -0.25) is 9.59 Å².